The number of benzene rings is 2. The Kier molecular flexibility index (Phi) is 10.7. The van der Waals surface area contributed by atoms with Gasteiger partial charge in [0.05, 0.1) is 19.3 Å². The summed E-state index contributed by atoms with van der Waals surface area (Å²) in [7, 11) is 0. The summed E-state index contributed by atoms with van der Waals surface area (Å²) in [6, 6.07) is 14.4. The first kappa shape index (κ1) is 31.7. The number of carbonyl (C=O) groups excluding carboxylic acids is 3. The van der Waals surface area contributed by atoms with E-state index in [9.17, 15) is 19.5 Å². The number of likely N-dealkylation sites (tertiary alicyclic amines) is 1. The van der Waals surface area contributed by atoms with Crippen LogP contribution in [0.2, 0.25) is 0 Å². The van der Waals surface area contributed by atoms with Gasteiger partial charge in [-0.25, -0.2) is 0 Å². The summed E-state index contributed by atoms with van der Waals surface area (Å²) in [4.78, 5) is 42.8. The lowest BCUT2D eigenvalue weighted by atomic mass is 10.1. The molecule has 2 aromatic carbocycles. The second-order valence-electron chi connectivity index (χ2n) is 12.1. The van der Waals surface area contributed by atoms with E-state index in [2.05, 4.69) is 44.8 Å². The molecule has 5 rings (SSSR count). The van der Waals surface area contributed by atoms with Crippen LogP contribution in [-0.4, -0.2) is 96.3 Å². The van der Waals surface area contributed by atoms with Gasteiger partial charge in [0, 0.05) is 55.8 Å². The second kappa shape index (κ2) is 14.8. The second-order valence-corrected chi connectivity index (χ2v) is 12.1. The highest BCUT2D eigenvalue weighted by molar-refractivity contribution is 5.89. The molecule has 234 valence electrons. The van der Waals surface area contributed by atoms with Crippen LogP contribution in [0.5, 0.6) is 0 Å². The third kappa shape index (κ3) is 8.24. The molecule has 0 spiro atoms. The Hall–Kier alpha value is -3.75. The van der Waals surface area contributed by atoms with Crippen molar-refractivity contribution in [2.75, 3.05) is 39.4 Å². The molecular weight excluding hydrogens is 558 g/mol. The molecule has 0 aromatic heterocycles. The zero-order valence-electron chi connectivity index (χ0n) is 25.6. The molecule has 3 saturated heterocycles. The first-order valence-corrected chi connectivity index (χ1v) is 15.6. The third-order valence-corrected chi connectivity index (χ3v) is 8.43. The zero-order chi connectivity index (χ0) is 31.1. The van der Waals surface area contributed by atoms with Gasteiger partial charge >= 0.3 is 0 Å². The minimum atomic E-state index is -0.737. The van der Waals surface area contributed by atoms with Crippen molar-refractivity contribution in [3.63, 3.8) is 0 Å². The lowest BCUT2D eigenvalue weighted by molar-refractivity contribution is -0.140. The molecule has 10 heteroatoms. The Labute approximate surface area is 259 Å². The highest BCUT2D eigenvalue weighted by Gasteiger charge is 2.42. The third-order valence-electron chi connectivity index (χ3n) is 8.43. The normalized spacial score (nSPS) is 23.7. The van der Waals surface area contributed by atoms with E-state index in [0.717, 1.165) is 49.5 Å². The van der Waals surface area contributed by atoms with Crippen molar-refractivity contribution in [2.24, 2.45) is 5.92 Å². The van der Waals surface area contributed by atoms with Gasteiger partial charge in [0.1, 0.15) is 12.1 Å². The van der Waals surface area contributed by atoms with Crippen LogP contribution in [0.15, 0.2) is 48.5 Å². The summed E-state index contributed by atoms with van der Waals surface area (Å²) in [5, 5.41) is 19.0. The smallest absolute Gasteiger partial charge is 0.243 e. The fraction of sp³-hybridized carbons (Fsp3) is 0.500. The number of nitrogens with zero attached hydrogens (tertiary/aromatic N) is 2. The Balaban J connectivity index is 1.13. The average Bonchev–Trinajstić information content (AvgIpc) is 3.66. The molecule has 44 heavy (non-hydrogen) atoms. The predicted octanol–water partition coefficient (Wildman–Crippen LogP) is 0.999. The van der Waals surface area contributed by atoms with Gasteiger partial charge < -0.3 is 30.7 Å². The van der Waals surface area contributed by atoms with Crippen LogP contribution in [0.3, 0.4) is 0 Å². The van der Waals surface area contributed by atoms with Crippen LogP contribution in [0.25, 0.3) is 0 Å². The molecule has 3 aliphatic rings. The van der Waals surface area contributed by atoms with Gasteiger partial charge in [-0.05, 0) is 54.8 Å². The molecule has 10 nitrogen and oxygen atoms in total. The molecule has 0 bridgehead atoms. The standard InChI is InChI=1S/C34H43N5O5/c1-23(2)34(43)39-22-28(37-33(42)31-30(40)13-14-35-31)19-29(39)32(41)36-20-26-9-5-24(6-10-26)3-4-25-7-11-27(12-8-25)21-38-15-17-44-18-16-38/h5-12,23,28-31,35,40H,13-22H2,1-2H3,(H,36,41)(H,37,42)/t28-,29-,30+,31+/m1/s1. The quantitative estimate of drug-likeness (QED) is 0.333. The highest BCUT2D eigenvalue weighted by atomic mass is 16.5. The van der Waals surface area contributed by atoms with Crippen molar-refractivity contribution >= 4 is 17.7 Å². The first-order chi connectivity index (χ1) is 21.3. The summed E-state index contributed by atoms with van der Waals surface area (Å²) in [5.74, 6) is 5.47. The number of nitrogens with one attached hydrogen (secondary N) is 3. The van der Waals surface area contributed by atoms with Crippen molar-refractivity contribution in [1.29, 1.82) is 0 Å². The van der Waals surface area contributed by atoms with Crippen LogP contribution in [0.4, 0.5) is 0 Å². The molecule has 3 amide bonds. The van der Waals surface area contributed by atoms with E-state index in [1.165, 1.54) is 5.56 Å². The minimum Gasteiger partial charge on any atom is -0.391 e. The SMILES string of the molecule is CC(C)C(=O)N1C[C@H](NC(=O)[C@H]2NCC[C@@H]2O)C[C@@H]1C(=O)NCc1ccc(C#Cc2ccc(CN3CCOCC3)cc2)cc1. The summed E-state index contributed by atoms with van der Waals surface area (Å²) in [6.45, 7) is 9.17. The van der Waals surface area contributed by atoms with Gasteiger partial charge in [-0.15, -0.1) is 0 Å². The fourth-order valence-electron chi connectivity index (χ4n) is 5.88. The van der Waals surface area contributed by atoms with Gasteiger partial charge in [-0.2, -0.15) is 0 Å². The first-order valence-electron chi connectivity index (χ1n) is 15.6. The van der Waals surface area contributed by atoms with E-state index in [-0.39, 0.29) is 36.2 Å². The predicted molar refractivity (Wildman–Crippen MR) is 166 cm³/mol. The molecule has 3 heterocycles. The molecule has 4 atom stereocenters. The Morgan fingerprint density at radius 1 is 0.977 bits per heavy atom. The number of ether oxygens (including phenoxy) is 1. The largest absolute Gasteiger partial charge is 0.391 e. The van der Waals surface area contributed by atoms with Crippen LogP contribution in [0, 0.1) is 17.8 Å². The van der Waals surface area contributed by atoms with Gasteiger partial charge in [0.15, 0.2) is 0 Å². The molecule has 0 aliphatic carbocycles. The number of aliphatic hydroxyl groups is 1. The van der Waals surface area contributed by atoms with Crippen LogP contribution < -0.4 is 16.0 Å². The number of aliphatic hydroxyl groups excluding tert-OH is 1. The Bertz CT molecular complexity index is 1360. The van der Waals surface area contributed by atoms with E-state index < -0.39 is 18.2 Å². The van der Waals surface area contributed by atoms with Crippen molar-refractivity contribution < 1.29 is 24.2 Å². The van der Waals surface area contributed by atoms with Crippen LogP contribution in [-0.2, 0) is 32.2 Å². The molecule has 4 N–H and O–H groups in total. The maximum atomic E-state index is 13.3. The molecule has 3 fully saturated rings. The fourth-order valence-corrected chi connectivity index (χ4v) is 5.88. The lowest BCUT2D eigenvalue weighted by Gasteiger charge is -2.26. The molecule has 0 radical (unpaired) electrons. The maximum absolute atomic E-state index is 13.3. The number of morpholine rings is 1. The lowest BCUT2D eigenvalue weighted by Crippen LogP contribution is -2.50. The van der Waals surface area contributed by atoms with Crippen LogP contribution in [0.1, 0.15) is 48.9 Å². The van der Waals surface area contributed by atoms with E-state index in [0.29, 0.717) is 25.9 Å². The summed E-state index contributed by atoms with van der Waals surface area (Å²) >= 11 is 0. The Morgan fingerprint density at radius 3 is 2.20 bits per heavy atom. The van der Waals surface area contributed by atoms with E-state index >= 15 is 0 Å². The van der Waals surface area contributed by atoms with Gasteiger partial charge in [0.25, 0.3) is 0 Å². The minimum absolute atomic E-state index is 0.129. The molecule has 2 aromatic rings. The Morgan fingerprint density at radius 2 is 1.61 bits per heavy atom. The zero-order valence-corrected chi connectivity index (χ0v) is 25.6. The number of rotatable bonds is 8. The van der Waals surface area contributed by atoms with Gasteiger partial charge in [0.2, 0.25) is 17.7 Å². The topological polar surface area (TPSA) is 123 Å². The number of amides is 3. The molecule has 0 unspecified atom stereocenters. The summed E-state index contributed by atoms with van der Waals surface area (Å²) in [6.07, 6.45) is 0.101. The van der Waals surface area contributed by atoms with Crippen molar-refractivity contribution in [1.82, 2.24) is 25.8 Å². The number of hydrogen-bond acceptors (Lipinski definition) is 7. The summed E-state index contributed by atoms with van der Waals surface area (Å²) in [5.41, 5.74) is 4.01. The average molecular weight is 602 g/mol. The van der Waals surface area contributed by atoms with E-state index in [1.54, 1.807) is 18.7 Å². The number of hydrogen-bond donors (Lipinski definition) is 4. The van der Waals surface area contributed by atoms with Crippen molar-refractivity contribution in [2.45, 2.75) is 64.0 Å². The summed E-state index contributed by atoms with van der Waals surface area (Å²) < 4.78 is 5.42. The molecular formula is C34H43N5O5. The number of carbonyl (C=O) groups is 3. The van der Waals surface area contributed by atoms with Gasteiger partial charge in [-0.3, -0.25) is 19.3 Å². The van der Waals surface area contributed by atoms with Gasteiger partial charge in [-0.1, -0.05) is 50.0 Å². The van der Waals surface area contributed by atoms with Crippen molar-refractivity contribution in [3.05, 3.63) is 70.8 Å². The van der Waals surface area contributed by atoms with Crippen molar-refractivity contribution in [3.8, 4) is 11.8 Å². The van der Waals surface area contributed by atoms with Crippen LogP contribution >= 0.6 is 0 Å². The molecule has 0 saturated carbocycles. The highest BCUT2D eigenvalue weighted by Crippen LogP contribution is 2.22. The maximum Gasteiger partial charge on any atom is 0.243 e. The monoisotopic (exact) mass is 601 g/mol. The van der Waals surface area contributed by atoms with E-state index in [1.807, 2.05) is 36.4 Å². The van der Waals surface area contributed by atoms with E-state index in [4.69, 9.17) is 4.74 Å². The molecule has 3 aliphatic heterocycles.